The highest BCUT2D eigenvalue weighted by Gasteiger charge is 2.23. The number of nitrogens with zero attached hydrogens (tertiary/aromatic N) is 2. The fourth-order valence-corrected chi connectivity index (χ4v) is 1.50. The van der Waals surface area contributed by atoms with Crippen LogP contribution in [0.2, 0.25) is 0 Å². The second-order valence-corrected chi connectivity index (χ2v) is 3.15. The summed E-state index contributed by atoms with van der Waals surface area (Å²) in [5.41, 5.74) is 0.504. The first kappa shape index (κ1) is 9.76. The van der Waals surface area contributed by atoms with Crippen molar-refractivity contribution in [2.45, 2.75) is 6.43 Å². The van der Waals surface area contributed by atoms with Crippen molar-refractivity contribution in [2.24, 2.45) is 7.05 Å². The second-order valence-electron chi connectivity index (χ2n) is 3.15. The molecule has 0 saturated heterocycles. The number of Topliss-reactive ketones (excluding diaryl/α,β-unsaturated/α-hetero) is 1. The summed E-state index contributed by atoms with van der Waals surface area (Å²) in [7, 11) is 1.62. The summed E-state index contributed by atoms with van der Waals surface area (Å²) in [6.45, 7) is 0. The lowest BCUT2D eigenvalue weighted by molar-refractivity contribution is 0.0674. The molecule has 0 aliphatic rings. The molecule has 78 valence electrons. The van der Waals surface area contributed by atoms with Crippen molar-refractivity contribution in [1.29, 1.82) is 0 Å². The van der Waals surface area contributed by atoms with Crippen molar-refractivity contribution < 1.29 is 13.6 Å². The Morgan fingerprint density at radius 3 is 2.73 bits per heavy atom. The van der Waals surface area contributed by atoms with Gasteiger partial charge in [0.2, 0.25) is 5.78 Å². The van der Waals surface area contributed by atoms with Gasteiger partial charge in [-0.05, 0) is 6.07 Å². The van der Waals surface area contributed by atoms with Crippen molar-refractivity contribution in [3.05, 3.63) is 30.0 Å². The number of hydrogen-bond acceptors (Lipinski definition) is 2. The minimum absolute atomic E-state index is 0.164. The third-order valence-corrected chi connectivity index (χ3v) is 2.19. The molecule has 0 aliphatic carbocycles. The minimum Gasteiger partial charge on any atom is -0.286 e. The van der Waals surface area contributed by atoms with E-state index in [4.69, 9.17) is 0 Å². The van der Waals surface area contributed by atoms with Crippen LogP contribution in [0.4, 0.5) is 8.78 Å². The van der Waals surface area contributed by atoms with Crippen molar-refractivity contribution in [1.82, 2.24) is 9.78 Å². The van der Waals surface area contributed by atoms with Crippen LogP contribution >= 0.6 is 0 Å². The Morgan fingerprint density at radius 1 is 1.40 bits per heavy atom. The molecule has 0 aliphatic heterocycles. The molecular weight excluding hydrogens is 202 g/mol. The zero-order valence-corrected chi connectivity index (χ0v) is 7.95. The van der Waals surface area contributed by atoms with Crippen molar-refractivity contribution in [2.75, 3.05) is 0 Å². The van der Waals surface area contributed by atoms with Crippen LogP contribution in [0, 0.1) is 0 Å². The van der Waals surface area contributed by atoms with E-state index in [1.54, 1.807) is 31.3 Å². The first-order chi connectivity index (χ1) is 7.11. The molecule has 0 unspecified atom stereocenters. The van der Waals surface area contributed by atoms with Gasteiger partial charge in [-0.2, -0.15) is 5.10 Å². The lowest BCUT2D eigenvalue weighted by Gasteiger charge is -1.94. The summed E-state index contributed by atoms with van der Waals surface area (Å²) < 4.78 is 25.9. The maximum Gasteiger partial charge on any atom is 0.302 e. The van der Waals surface area contributed by atoms with Crippen molar-refractivity contribution >= 4 is 16.7 Å². The fraction of sp³-hybridized carbons (Fsp3) is 0.200. The monoisotopic (exact) mass is 210 g/mol. The van der Waals surface area contributed by atoms with E-state index in [0.717, 1.165) is 0 Å². The molecule has 0 atom stereocenters. The highest BCUT2D eigenvalue weighted by Crippen LogP contribution is 2.19. The van der Waals surface area contributed by atoms with E-state index in [1.807, 2.05) is 0 Å². The molecule has 1 aromatic heterocycles. The second kappa shape index (κ2) is 3.42. The molecule has 0 N–H and O–H groups in total. The summed E-state index contributed by atoms with van der Waals surface area (Å²) >= 11 is 0. The van der Waals surface area contributed by atoms with Crippen LogP contribution in [0.15, 0.2) is 24.3 Å². The third-order valence-electron chi connectivity index (χ3n) is 2.19. The van der Waals surface area contributed by atoms with Gasteiger partial charge in [-0.25, -0.2) is 8.78 Å². The number of carbonyl (C=O) groups excluding carboxylic acids is 1. The van der Waals surface area contributed by atoms with Gasteiger partial charge in [0.05, 0.1) is 5.52 Å². The molecule has 2 rings (SSSR count). The number of halogens is 2. The average Bonchev–Trinajstić information content (AvgIpc) is 2.56. The summed E-state index contributed by atoms with van der Waals surface area (Å²) in [6, 6.07) is 6.79. The number of hydrogen-bond donors (Lipinski definition) is 0. The molecule has 2 aromatic rings. The Hall–Kier alpha value is -1.78. The van der Waals surface area contributed by atoms with E-state index in [1.165, 1.54) is 4.68 Å². The highest BCUT2D eigenvalue weighted by molar-refractivity contribution is 6.07. The van der Waals surface area contributed by atoms with Gasteiger partial charge in [0.15, 0.2) is 0 Å². The Kier molecular flexibility index (Phi) is 2.22. The zero-order chi connectivity index (χ0) is 11.0. The van der Waals surface area contributed by atoms with Gasteiger partial charge in [0, 0.05) is 12.4 Å². The van der Waals surface area contributed by atoms with Gasteiger partial charge in [-0.3, -0.25) is 9.48 Å². The summed E-state index contributed by atoms with van der Waals surface area (Å²) in [5.74, 6) is -1.23. The van der Waals surface area contributed by atoms with Crippen LogP contribution in [0.25, 0.3) is 10.9 Å². The number of para-hydroxylation sites is 1. The smallest absolute Gasteiger partial charge is 0.286 e. The van der Waals surface area contributed by atoms with E-state index in [-0.39, 0.29) is 5.69 Å². The van der Waals surface area contributed by atoms with E-state index < -0.39 is 12.2 Å². The van der Waals surface area contributed by atoms with E-state index in [9.17, 15) is 13.6 Å². The number of alkyl halides is 2. The van der Waals surface area contributed by atoms with Gasteiger partial charge in [0.1, 0.15) is 5.69 Å². The van der Waals surface area contributed by atoms with Crippen LogP contribution in [0.1, 0.15) is 10.5 Å². The number of benzene rings is 1. The maximum atomic E-state index is 12.3. The Balaban J connectivity index is 2.67. The van der Waals surface area contributed by atoms with E-state index in [2.05, 4.69) is 5.10 Å². The number of carbonyl (C=O) groups is 1. The molecule has 15 heavy (non-hydrogen) atoms. The average molecular weight is 210 g/mol. The van der Waals surface area contributed by atoms with Gasteiger partial charge in [-0.15, -0.1) is 0 Å². The largest absolute Gasteiger partial charge is 0.302 e. The molecule has 1 heterocycles. The SMILES string of the molecule is Cn1nc(C(=O)C(F)F)c2ccccc21. The van der Waals surface area contributed by atoms with Crippen molar-refractivity contribution in [3.8, 4) is 0 Å². The predicted octanol–water partition coefficient (Wildman–Crippen LogP) is 2.02. The predicted molar refractivity (Wildman–Crippen MR) is 51.0 cm³/mol. The first-order valence-corrected chi connectivity index (χ1v) is 4.35. The molecule has 0 saturated carbocycles. The molecule has 0 amide bonds. The Morgan fingerprint density at radius 2 is 2.07 bits per heavy atom. The molecule has 0 fully saturated rings. The quantitative estimate of drug-likeness (QED) is 0.711. The molecule has 0 spiro atoms. The van der Waals surface area contributed by atoms with Crippen LogP contribution in [-0.2, 0) is 7.05 Å². The van der Waals surface area contributed by atoms with Crippen LogP contribution in [0.5, 0.6) is 0 Å². The summed E-state index contributed by atoms with van der Waals surface area (Å²) in [4.78, 5) is 11.1. The van der Waals surface area contributed by atoms with E-state index in [0.29, 0.717) is 10.9 Å². The number of aryl methyl sites for hydroxylation is 1. The first-order valence-electron chi connectivity index (χ1n) is 4.35. The number of rotatable bonds is 2. The van der Waals surface area contributed by atoms with Crippen LogP contribution < -0.4 is 0 Å². The Labute approximate surface area is 84.3 Å². The topological polar surface area (TPSA) is 34.9 Å². The molecule has 5 heteroatoms. The van der Waals surface area contributed by atoms with Crippen LogP contribution in [0.3, 0.4) is 0 Å². The molecule has 1 aromatic carbocycles. The van der Waals surface area contributed by atoms with Crippen molar-refractivity contribution in [3.63, 3.8) is 0 Å². The van der Waals surface area contributed by atoms with Gasteiger partial charge >= 0.3 is 6.43 Å². The number of aromatic nitrogens is 2. The normalized spacial score (nSPS) is 11.2. The molecule has 0 radical (unpaired) electrons. The third kappa shape index (κ3) is 1.49. The maximum absolute atomic E-state index is 12.3. The van der Waals surface area contributed by atoms with E-state index >= 15 is 0 Å². The standard InChI is InChI=1S/C10H8F2N2O/c1-14-7-5-3-2-4-6(7)8(13-14)9(15)10(11)12/h2-5,10H,1H3. The molecule has 0 bridgehead atoms. The molecular formula is C10H8F2N2O. The van der Waals surface area contributed by atoms with Gasteiger partial charge < -0.3 is 0 Å². The lowest BCUT2D eigenvalue weighted by Crippen LogP contribution is -2.11. The summed E-state index contributed by atoms with van der Waals surface area (Å²) in [5, 5.41) is 4.26. The minimum atomic E-state index is -3.01. The molecule has 3 nitrogen and oxygen atoms in total. The lowest BCUT2D eigenvalue weighted by atomic mass is 10.1. The fourth-order valence-electron chi connectivity index (χ4n) is 1.50. The number of ketones is 1. The summed E-state index contributed by atoms with van der Waals surface area (Å²) in [6.07, 6.45) is -3.01. The van der Waals surface area contributed by atoms with Crippen LogP contribution in [-0.4, -0.2) is 22.0 Å². The van der Waals surface area contributed by atoms with Gasteiger partial charge in [-0.1, -0.05) is 18.2 Å². The number of fused-ring (bicyclic) bond motifs is 1. The van der Waals surface area contributed by atoms with Gasteiger partial charge in [0.25, 0.3) is 0 Å². The Bertz CT molecular complexity index is 519. The zero-order valence-electron chi connectivity index (χ0n) is 7.95. The highest BCUT2D eigenvalue weighted by atomic mass is 19.3.